The smallest absolute Gasteiger partial charge is 0.417 e. The fourth-order valence-electron chi connectivity index (χ4n) is 2.91. The normalized spacial score (nSPS) is 11.3. The average molecular weight is 477 g/mol. The molecule has 168 valence electrons. The Morgan fingerprint density at radius 2 is 1.55 bits per heavy atom. The molecule has 0 atom stereocenters. The highest BCUT2D eigenvalue weighted by atomic mass is 35.5. The molecule has 0 aliphatic carbocycles. The summed E-state index contributed by atoms with van der Waals surface area (Å²) in [6, 6.07) is 10.5. The molecular formula is C22H13ClF4N4O2. The number of carbonyl (C=O) groups is 1. The van der Waals surface area contributed by atoms with Crippen LogP contribution >= 0.6 is 11.6 Å². The first-order valence-corrected chi connectivity index (χ1v) is 9.70. The summed E-state index contributed by atoms with van der Waals surface area (Å²) in [6.07, 6.45) is -1.63. The molecule has 33 heavy (non-hydrogen) atoms. The van der Waals surface area contributed by atoms with Crippen LogP contribution in [0, 0.1) is 5.82 Å². The Labute approximate surface area is 189 Å². The quantitative estimate of drug-likeness (QED) is 0.315. The van der Waals surface area contributed by atoms with E-state index in [4.69, 9.17) is 16.3 Å². The highest BCUT2D eigenvalue weighted by Crippen LogP contribution is 2.36. The third-order valence-corrected chi connectivity index (χ3v) is 4.72. The van der Waals surface area contributed by atoms with Crippen LogP contribution in [0.15, 0.2) is 67.0 Å². The van der Waals surface area contributed by atoms with E-state index in [2.05, 4.69) is 20.6 Å². The third-order valence-electron chi connectivity index (χ3n) is 4.39. The van der Waals surface area contributed by atoms with Crippen molar-refractivity contribution in [2.75, 3.05) is 10.6 Å². The first-order chi connectivity index (χ1) is 15.7. The molecule has 0 bridgehead atoms. The molecule has 2 amide bonds. The lowest BCUT2D eigenvalue weighted by atomic mass is 10.2. The number of nitrogens with one attached hydrogen (secondary N) is 2. The molecule has 0 spiro atoms. The van der Waals surface area contributed by atoms with Gasteiger partial charge in [0.15, 0.2) is 11.6 Å². The number of ether oxygens (including phenoxy) is 1. The summed E-state index contributed by atoms with van der Waals surface area (Å²) in [4.78, 5) is 20.5. The van der Waals surface area contributed by atoms with E-state index in [9.17, 15) is 22.4 Å². The van der Waals surface area contributed by atoms with Crippen molar-refractivity contribution in [2.45, 2.75) is 6.18 Å². The van der Waals surface area contributed by atoms with Crippen LogP contribution < -0.4 is 15.4 Å². The van der Waals surface area contributed by atoms with Crippen LogP contribution in [0.2, 0.25) is 5.02 Å². The summed E-state index contributed by atoms with van der Waals surface area (Å²) < 4.78 is 58.8. The number of amides is 2. The first kappa shape index (κ1) is 22.3. The van der Waals surface area contributed by atoms with Gasteiger partial charge in [-0.2, -0.15) is 13.2 Å². The van der Waals surface area contributed by atoms with Gasteiger partial charge in [0.1, 0.15) is 5.75 Å². The Kier molecular flexibility index (Phi) is 6.01. The molecule has 0 aliphatic heterocycles. The van der Waals surface area contributed by atoms with E-state index in [-0.39, 0.29) is 17.1 Å². The molecule has 0 radical (unpaired) electrons. The number of carbonyl (C=O) groups excluding carboxylic acids is 1. The number of hydrogen-bond donors (Lipinski definition) is 2. The van der Waals surface area contributed by atoms with Gasteiger partial charge in [-0.05, 0) is 42.5 Å². The summed E-state index contributed by atoms with van der Waals surface area (Å²) in [7, 11) is 0. The van der Waals surface area contributed by atoms with E-state index >= 15 is 0 Å². The highest BCUT2D eigenvalue weighted by molar-refractivity contribution is 6.31. The predicted molar refractivity (Wildman–Crippen MR) is 115 cm³/mol. The summed E-state index contributed by atoms with van der Waals surface area (Å²) in [6.45, 7) is 0. The molecule has 0 unspecified atom stereocenters. The fraction of sp³-hybridized carbons (Fsp3) is 0.0455. The Balaban J connectivity index is 1.49. The molecule has 4 rings (SSSR count). The van der Waals surface area contributed by atoms with E-state index in [1.54, 1.807) is 18.2 Å². The molecule has 0 fully saturated rings. The maximum absolute atomic E-state index is 14.2. The molecule has 3 aromatic carbocycles. The van der Waals surface area contributed by atoms with Gasteiger partial charge in [0.2, 0.25) is 0 Å². The number of urea groups is 1. The number of hydrogen-bond acceptors (Lipinski definition) is 4. The van der Waals surface area contributed by atoms with Crippen molar-refractivity contribution in [1.82, 2.24) is 9.97 Å². The van der Waals surface area contributed by atoms with Crippen LogP contribution in [-0.2, 0) is 6.18 Å². The Hall–Kier alpha value is -3.92. The molecule has 0 aliphatic rings. The molecule has 0 saturated heterocycles. The second-order valence-electron chi connectivity index (χ2n) is 6.73. The van der Waals surface area contributed by atoms with Crippen LogP contribution in [0.4, 0.5) is 33.7 Å². The summed E-state index contributed by atoms with van der Waals surface area (Å²) in [5, 5.41) is 4.20. The van der Waals surface area contributed by atoms with Crippen molar-refractivity contribution < 1.29 is 27.1 Å². The van der Waals surface area contributed by atoms with Gasteiger partial charge in [-0.1, -0.05) is 11.6 Å². The second-order valence-corrected chi connectivity index (χ2v) is 7.13. The van der Waals surface area contributed by atoms with Gasteiger partial charge >= 0.3 is 12.2 Å². The van der Waals surface area contributed by atoms with Crippen molar-refractivity contribution in [3.63, 3.8) is 0 Å². The number of nitrogens with zero attached hydrogens (tertiary/aromatic N) is 2. The Morgan fingerprint density at radius 3 is 2.27 bits per heavy atom. The molecule has 1 aromatic heterocycles. The van der Waals surface area contributed by atoms with Crippen LogP contribution in [0.3, 0.4) is 0 Å². The number of anilines is 2. The number of aromatic nitrogens is 2. The van der Waals surface area contributed by atoms with Gasteiger partial charge in [-0.25, -0.2) is 9.18 Å². The fourth-order valence-corrected chi connectivity index (χ4v) is 3.13. The largest absolute Gasteiger partial charge is 0.454 e. The zero-order valence-corrected chi connectivity index (χ0v) is 17.2. The van der Waals surface area contributed by atoms with E-state index in [1.807, 2.05) is 0 Å². The minimum absolute atomic E-state index is 0.125. The SMILES string of the molecule is O=C(Nc1ccc(F)c(Oc2ccc3nccnc3c2)c1)Nc1ccc(Cl)c(C(F)(F)F)c1. The maximum atomic E-state index is 14.2. The summed E-state index contributed by atoms with van der Waals surface area (Å²) in [5.41, 5.74) is 0.118. The molecule has 0 saturated carbocycles. The Morgan fingerprint density at radius 1 is 0.879 bits per heavy atom. The summed E-state index contributed by atoms with van der Waals surface area (Å²) in [5.74, 6) is -0.570. The third kappa shape index (κ3) is 5.29. The zero-order chi connectivity index (χ0) is 23.6. The molecule has 6 nitrogen and oxygen atoms in total. The summed E-state index contributed by atoms with van der Waals surface area (Å²) >= 11 is 5.57. The second kappa shape index (κ2) is 8.91. The number of halogens is 5. The molecular weight excluding hydrogens is 464 g/mol. The van der Waals surface area contributed by atoms with E-state index in [1.165, 1.54) is 30.6 Å². The van der Waals surface area contributed by atoms with Crippen molar-refractivity contribution >= 4 is 40.0 Å². The van der Waals surface area contributed by atoms with Crippen LogP contribution in [0.1, 0.15) is 5.56 Å². The highest BCUT2D eigenvalue weighted by Gasteiger charge is 2.33. The number of alkyl halides is 3. The van der Waals surface area contributed by atoms with Gasteiger partial charge in [0, 0.05) is 35.9 Å². The van der Waals surface area contributed by atoms with Gasteiger partial charge in [0.05, 0.1) is 21.6 Å². The van der Waals surface area contributed by atoms with E-state index in [0.717, 1.165) is 12.1 Å². The first-order valence-electron chi connectivity index (χ1n) is 9.32. The topological polar surface area (TPSA) is 76.1 Å². The minimum Gasteiger partial charge on any atom is -0.454 e. The van der Waals surface area contributed by atoms with Crippen LogP contribution in [0.25, 0.3) is 11.0 Å². The molecule has 11 heteroatoms. The average Bonchev–Trinajstić information content (AvgIpc) is 2.76. The number of benzene rings is 3. The van der Waals surface area contributed by atoms with E-state index < -0.39 is 28.6 Å². The van der Waals surface area contributed by atoms with Crippen LogP contribution in [-0.4, -0.2) is 16.0 Å². The van der Waals surface area contributed by atoms with Crippen molar-refractivity contribution in [1.29, 1.82) is 0 Å². The van der Waals surface area contributed by atoms with Gasteiger partial charge in [-0.15, -0.1) is 0 Å². The van der Waals surface area contributed by atoms with Gasteiger partial charge in [0.25, 0.3) is 0 Å². The maximum Gasteiger partial charge on any atom is 0.417 e. The minimum atomic E-state index is -4.68. The van der Waals surface area contributed by atoms with Crippen LogP contribution in [0.5, 0.6) is 11.5 Å². The lowest BCUT2D eigenvalue weighted by molar-refractivity contribution is -0.137. The van der Waals surface area contributed by atoms with Gasteiger partial charge in [-0.3, -0.25) is 9.97 Å². The molecule has 1 heterocycles. The Bertz CT molecular complexity index is 1350. The molecule has 4 aromatic rings. The van der Waals surface area contributed by atoms with Crippen molar-refractivity contribution in [2.24, 2.45) is 0 Å². The molecule has 2 N–H and O–H groups in total. The van der Waals surface area contributed by atoms with Gasteiger partial charge < -0.3 is 15.4 Å². The zero-order valence-electron chi connectivity index (χ0n) is 16.5. The lowest BCUT2D eigenvalue weighted by Gasteiger charge is -2.13. The lowest BCUT2D eigenvalue weighted by Crippen LogP contribution is -2.20. The number of fused-ring (bicyclic) bond motifs is 1. The monoisotopic (exact) mass is 476 g/mol. The van der Waals surface area contributed by atoms with Crippen molar-refractivity contribution in [3.8, 4) is 11.5 Å². The van der Waals surface area contributed by atoms with Crippen molar-refractivity contribution in [3.05, 3.63) is 83.4 Å². The van der Waals surface area contributed by atoms with E-state index in [0.29, 0.717) is 22.8 Å². The standard InChI is InChI=1S/C22H13ClF4N4O2/c23-16-4-1-12(9-15(16)22(25,26)27)30-21(32)31-13-2-5-17(24)20(10-13)33-14-3-6-18-19(11-14)29-8-7-28-18/h1-11H,(H2,30,31,32). The predicted octanol–water partition coefficient (Wildman–Crippen LogP) is 6.88. The number of rotatable bonds is 4.